The van der Waals surface area contributed by atoms with Gasteiger partial charge in [0.15, 0.2) is 9.84 Å². The second kappa shape index (κ2) is 5.43. The van der Waals surface area contributed by atoms with E-state index in [1.165, 1.54) is 6.07 Å². The molecule has 106 valence electrons. The summed E-state index contributed by atoms with van der Waals surface area (Å²) in [5, 5.41) is 9.83. The fourth-order valence-corrected chi connectivity index (χ4v) is 5.48. The van der Waals surface area contributed by atoms with Gasteiger partial charge in [-0.3, -0.25) is 0 Å². The normalized spacial score (nSPS) is 32.2. The SMILES string of the molecule is CC1CC(C)C(S(=O)(=O)c2cccc(Cl)c2)C(O)C1. The average molecular weight is 303 g/mol. The third-order valence-electron chi connectivity index (χ3n) is 3.84. The van der Waals surface area contributed by atoms with Gasteiger partial charge in [-0.2, -0.15) is 0 Å². The first-order valence-corrected chi connectivity index (χ1v) is 8.42. The van der Waals surface area contributed by atoms with Gasteiger partial charge in [0.2, 0.25) is 0 Å². The first kappa shape index (κ1) is 14.8. The molecular formula is C14H19ClO3S. The van der Waals surface area contributed by atoms with Crippen LogP contribution in [0, 0.1) is 11.8 Å². The molecule has 4 atom stereocenters. The van der Waals surface area contributed by atoms with Crippen LogP contribution in [0.4, 0.5) is 0 Å². The topological polar surface area (TPSA) is 54.4 Å². The zero-order chi connectivity index (χ0) is 14.2. The average Bonchev–Trinajstić information content (AvgIpc) is 2.26. The number of sulfone groups is 1. The highest BCUT2D eigenvalue weighted by molar-refractivity contribution is 7.92. The molecule has 1 fully saturated rings. The van der Waals surface area contributed by atoms with E-state index >= 15 is 0 Å². The number of halogens is 1. The van der Waals surface area contributed by atoms with Crippen LogP contribution in [0.5, 0.6) is 0 Å². The van der Waals surface area contributed by atoms with E-state index < -0.39 is 21.2 Å². The zero-order valence-electron chi connectivity index (χ0n) is 11.1. The lowest BCUT2D eigenvalue weighted by atomic mass is 9.81. The molecule has 1 aromatic rings. The molecule has 1 N–H and O–H groups in total. The fourth-order valence-electron chi connectivity index (χ4n) is 3.10. The molecule has 1 aromatic carbocycles. The van der Waals surface area contributed by atoms with Crippen molar-refractivity contribution < 1.29 is 13.5 Å². The highest BCUT2D eigenvalue weighted by Crippen LogP contribution is 2.36. The van der Waals surface area contributed by atoms with Crippen LogP contribution in [0.3, 0.4) is 0 Å². The van der Waals surface area contributed by atoms with E-state index in [1.807, 2.05) is 13.8 Å². The molecule has 0 amide bonds. The Balaban J connectivity index is 2.39. The standard InChI is InChI=1S/C14H19ClO3S/c1-9-6-10(2)14(13(16)7-9)19(17,18)12-5-3-4-11(15)8-12/h3-5,8-10,13-14,16H,6-7H2,1-2H3. The largest absolute Gasteiger partial charge is 0.392 e. The van der Waals surface area contributed by atoms with Crippen molar-refractivity contribution in [1.29, 1.82) is 0 Å². The number of rotatable bonds is 2. The minimum atomic E-state index is -3.54. The molecule has 0 radical (unpaired) electrons. The van der Waals surface area contributed by atoms with Gasteiger partial charge in [-0.1, -0.05) is 31.5 Å². The molecule has 0 aliphatic heterocycles. The lowest BCUT2D eigenvalue weighted by Gasteiger charge is -2.36. The van der Waals surface area contributed by atoms with E-state index in [2.05, 4.69) is 0 Å². The highest BCUT2D eigenvalue weighted by atomic mass is 35.5. The second-order valence-corrected chi connectivity index (χ2v) is 8.13. The Morgan fingerprint density at radius 3 is 2.53 bits per heavy atom. The Kier molecular flexibility index (Phi) is 4.23. The molecule has 1 saturated carbocycles. The van der Waals surface area contributed by atoms with Crippen LogP contribution in [0.25, 0.3) is 0 Å². The molecule has 2 rings (SSSR count). The minimum absolute atomic E-state index is 0.0530. The number of hydrogen-bond acceptors (Lipinski definition) is 3. The van der Waals surface area contributed by atoms with Gasteiger partial charge >= 0.3 is 0 Å². The van der Waals surface area contributed by atoms with Gasteiger partial charge in [-0.25, -0.2) is 8.42 Å². The minimum Gasteiger partial charge on any atom is -0.392 e. The van der Waals surface area contributed by atoms with Gasteiger partial charge in [-0.05, 0) is 42.9 Å². The molecule has 19 heavy (non-hydrogen) atoms. The van der Waals surface area contributed by atoms with Crippen molar-refractivity contribution in [2.45, 2.75) is 42.9 Å². The fraction of sp³-hybridized carbons (Fsp3) is 0.571. The summed E-state index contributed by atoms with van der Waals surface area (Å²) < 4.78 is 25.3. The van der Waals surface area contributed by atoms with Gasteiger partial charge < -0.3 is 5.11 Å². The Labute approximate surface area is 119 Å². The van der Waals surface area contributed by atoms with Gasteiger partial charge in [0.05, 0.1) is 16.2 Å². The van der Waals surface area contributed by atoms with E-state index in [1.54, 1.807) is 18.2 Å². The van der Waals surface area contributed by atoms with Crippen LogP contribution in [0.15, 0.2) is 29.2 Å². The van der Waals surface area contributed by atoms with E-state index in [4.69, 9.17) is 11.6 Å². The monoisotopic (exact) mass is 302 g/mol. The van der Waals surface area contributed by atoms with E-state index in [-0.39, 0.29) is 10.8 Å². The third kappa shape index (κ3) is 2.96. The van der Waals surface area contributed by atoms with Crippen LogP contribution in [0.2, 0.25) is 5.02 Å². The van der Waals surface area contributed by atoms with Gasteiger partial charge in [0, 0.05) is 5.02 Å². The van der Waals surface area contributed by atoms with Crippen molar-refractivity contribution >= 4 is 21.4 Å². The molecule has 4 unspecified atom stereocenters. The molecule has 0 bridgehead atoms. The Hall–Kier alpha value is -0.580. The molecule has 0 saturated heterocycles. The van der Waals surface area contributed by atoms with Crippen molar-refractivity contribution in [3.63, 3.8) is 0 Å². The van der Waals surface area contributed by atoms with Gasteiger partial charge in [0.25, 0.3) is 0 Å². The quantitative estimate of drug-likeness (QED) is 0.914. The first-order chi connectivity index (χ1) is 8.82. The second-order valence-electron chi connectivity index (χ2n) is 5.59. The predicted octanol–water partition coefficient (Wildman–Crippen LogP) is 2.91. The van der Waals surface area contributed by atoms with Crippen LogP contribution in [0.1, 0.15) is 26.7 Å². The molecule has 0 spiro atoms. The number of aliphatic hydroxyl groups is 1. The van der Waals surface area contributed by atoms with Crippen LogP contribution < -0.4 is 0 Å². The van der Waals surface area contributed by atoms with Crippen molar-refractivity contribution in [2.24, 2.45) is 11.8 Å². The van der Waals surface area contributed by atoms with Crippen molar-refractivity contribution in [3.8, 4) is 0 Å². The zero-order valence-corrected chi connectivity index (χ0v) is 12.7. The summed E-state index contributed by atoms with van der Waals surface area (Å²) in [5.41, 5.74) is 0. The highest BCUT2D eigenvalue weighted by Gasteiger charge is 2.42. The Bertz CT molecular complexity index is 544. The smallest absolute Gasteiger partial charge is 0.184 e. The van der Waals surface area contributed by atoms with E-state index in [0.29, 0.717) is 17.4 Å². The molecular weight excluding hydrogens is 284 g/mol. The molecule has 0 aromatic heterocycles. The number of aliphatic hydroxyl groups excluding tert-OH is 1. The van der Waals surface area contributed by atoms with E-state index in [9.17, 15) is 13.5 Å². The van der Waals surface area contributed by atoms with Crippen molar-refractivity contribution in [1.82, 2.24) is 0 Å². The third-order valence-corrected chi connectivity index (χ3v) is 6.48. The predicted molar refractivity (Wildman–Crippen MR) is 76.0 cm³/mol. The summed E-state index contributed by atoms with van der Waals surface area (Å²) >= 11 is 5.86. The van der Waals surface area contributed by atoms with Crippen molar-refractivity contribution in [2.75, 3.05) is 0 Å². The molecule has 3 nitrogen and oxygen atoms in total. The van der Waals surface area contributed by atoms with Crippen LogP contribution in [-0.2, 0) is 9.84 Å². The Morgan fingerprint density at radius 1 is 1.26 bits per heavy atom. The molecule has 1 aliphatic carbocycles. The lowest BCUT2D eigenvalue weighted by Crippen LogP contribution is -2.44. The number of benzene rings is 1. The molecule has 5 heteroatoms. The summed E-state index contributed by atoms with van der Waals surface area (Å²) in [7, 11) is -3.54. The lowest BCUT2D eigenvalue weighted by molar-refractivity contribution is 0.0843. The Morgan fingerprint density at radius 2 is 1.95 bits per heavy atom. The van der Waals surface area contributed by atoms with Crippen LogP contribution >= 0.6 is 11.6 Å². The maximum Gasteiger partial charge on any atom is 0.184 e. The van der Waals surface area contributed by atoms with Gasteiger partial charge in [-0.15, -0.1) is 0 Å². The molecule has 1 aliphatic rings. The maximum atomic E-state index is 12.6. The molecule has 0 heterocycles. The summed E-state index contributed by atoms with van der Waals surface area (Å²) in [6.07, 6.45) is 0.554. The maximum absolute atomic E-state index is 12.6. The van der Waals surface area contributed by atoms with E-state index in [0.717, 1.165) is 6.42 Å². The van der Waals surface area contributed by atoms with Crippen LogP contribution in [-0.4, -0.2) is 24.9 Å². The summed E-state index contributed by atoms with van der Waals surface area (Å²) in [4.78, 5) is 0.199. The summed E-state index contributed by atoms with van der Waals surface area (Å²) in [6.45, 7) is 3.94. The summed E-state index contributed by atoms with van der Waals surface area (Å²) in [5.74, 6) is 0.304. The first-order valence-electron chi connectivity index (χ1n) is 6.50. The number of hydrogen-bond donors (Lipinski definition) is 1. The summed E-state index contributed by atoms with van der Waals surface area (Å²) in [6, 6.07) is 6.26. The van der Waals surface area contributed by atoms with Gasteiger partial charge in [0.1, 0.15) is 0 Å². The van der Waals surface area contributed by atoms with Crippen molar-refractivity contribution in [3.05, 3.63) is 29.3 Å².